The number of hydrogen-bond donors (Lipinski definition) is 1. The molecule has 0 aromatic heterocycles. The lowest BCUT2D eigenvalue weighted by molar-refractivity contribution is -0.274. The summed E-state index contributed by atoms with van der Waals surface area (Å²) in [4.78, 5) is 13.1. The normalized spacial score (nSPS) is 19.0. The Morgan fingerprint density at radius 2 is 2.04 bits per heavy atom. The Morgan fingerprint density at radius 3 is 2.58 bits per heavy atom. The van der Waals surface area contributed by atoms with Crippen LogP contribution in [0.25, 0.3) is 0 Å². The van der Waals surface area contributed by atoms with Gasteiger partial charge in [0.15, 0.2) is 5.75 Å². The van der Waals surface area contributed by atoms with E-state index in [0.29, 0.717) is 0 Å². The van der Waals surface area contributed by atoms with Gasteiger partial charge in [0, 0.05) is 23.4 Å². The van der Waals surface area contributed by atoms with Crippen LogP contribution in [0.2, 0.25) is 5.02 Å². The van der Waals surface area contributed by atoms with Gasteiger partial charge in [-0.05, 0) is 12.1 Å². The number of benzene rings is 1. The largest absolute Gasteiger partial charge is 0.573 e. The number of carbonyl (C=O) groups is 1. The van der Waals surface area contributed by atoms with E-state index < -0.39 is 39.7 Å². The molecule has 1 saturated heterocycles. The van der Waals surface area contributed by atoms with Crippen molar-refractivity contribution in [1.82, 2.24) is 0 Å². The molecular formula is C12H11BrClF3N2O4S. The van der Waals surface area contributed by atoms with Crippen molar-refractivity contribution in [2.45, 2.75) is 12.8 Å². The van der Waals surface area contributed by atoms with Crippen LogP contribution in [0.15, 0.2) is 16.6 Å². The van der Waals surface area contributed by atoms with Gasteiger partial charge in [-0.25, -0.2) is 13.6 Å². The van der Waals surface area contributed by atoms with Gasteiger partial charge in [0.05, 0.1) is 10.8 Å². The maximum atomic E-state index is 12.6. The fourth-order valence-corrected chi connectivity index (χ4v) is 4.21. The van der Waals surface area contributed by atoms with Gasteiger partial charge in [-0.3, -0.25) is 4.79 Å². The molecule has 1 fully saturated rings. The third kappa shape index (κ3) is 4.98. The Labute approximate surface area is 148 Å². The molecule has 0 spiro atoms. The summed E-state index contributed by atoms with van der Waals surface area (Å²) >= 11 is 8.97. The Morgan fingerprint density at radius 1 is 1.42 bits per heavy atom. The van der Waals surface area contributed by atoms with E-state index in [2.05, 4.69) is 20.7 Å². The van der Waals surface area contributed by atoms with E-state index in [1.54, 1.807) is 0 Å². The number of rotatable bonds is 4. The van der Waals surface area contributed by atoms with Crippen molar-refractivity contribution in [2.75, 3.05) is 17.2 Å². The van der Waals surface area contributed by atoms with Crippen molar-refractivity contribution in [3.8, 4) is 5.75 Å². The number of halogens is 5. The summed E-state index contributed by atoms with van der Waals surface area (Å²) in [5, 5.41) is 4.80. The lowest BCUT2D eigenvalue weighted by Gasteiger charge is -2.22. The Hall–Kier alpha value is -1.04. The highest BCUT2D eigenvalue weighted by molar-refractivity contribution is 9.10. The number of hydrogen-bond acceptors (Lipinski definition) is 4. The number of primary sulfonamides is 1. The third-order valence-corrected chi connectivity index (χ3v) is 4.84. The van der Waals surface area contributed by atoms with Gasteiger partial charge in [-0.1, -0.05) is 27.5 Å². The number of amides is 1. The molecular weight excluding hydrogens is 441 g/mol. The maximum absolute atomic E-state index is 12.6. The standard InChI is InChI=1S/C12H11BrClF3N2O4S/c13-7-2-8(14)11(9(3-7)23-12(15,16)17)19-4-6(1-10(19)20)5-24(18,21)22/h2-3,6H,1,4-5H2,(H2,18,21,22). The Balaban J connectivity index is 2.39. The average molecular weight is 452 g/mol. The average Bonchev–Trinajstić information content (AvgIpc) is 2.64. The lowest BCUT2D eigenvalue weighted by Crippen LogP contribution is -2.29. The van der Waals surface area contributed by atoms with Gasteiger partial charge in [0.2, 0.25) is 15.9 Å². The summed E-state index contributed by atoms with van der Waals surface area (Å²) in [6, 6.07) is 2.33. The van der Waals surface area contributed by atoms with Crippen LogP contribution in [0, 0.1) is 5.92 Å². The van der Waals surface area contributed by atoms with Gasteiger partial charge in [-0.2, -0.15) is 0 Å². The summed E-state index contributed by atoms with van der Waals surface area (Å²) in [7, 11) is -3.82. The summed E-state index contributed by atoms with van der Waals surface area (Å²) in [6.07, 6.45) is -5.16. The number of alkyl halides is 3. The summed E-state index contributed by atoms with van der Waals surface area (Å²) in [5.74, 6) is -2.34. The highest BCUT2D eigenvalue weighted by atomic mass is 79.9. The first-order chi connectivity index (χ1) is 10.9. The van der Waals surface area contributed by atoms with Gasteiger partial charge in [0.1, 0.15) is 5.69 Å². The van der Waals surface area contributed by atoms with Gasteiger partial charge in [0.25, 0.3) is 0 Å². The zero-order valence-electron chi connectivity index (χ0n) is 11.8. The fourth-order valence-electron chi connectivity index (χ4n) is 2.44. The highest BCUT2D eigenvalue weighted by Crippen LogP contribution is 2.43. The van der Waals surface area contributed by atoms with Crippen molar-refractivity contribution in [1.29, 1.82) is 0 Å². The predicted octanol–water partition coefficient (Wildman–Crippen LogP) is 2.64. The minimum atomic E-state index is -4.98. The number of carbonyl (C=O) groups excluding carboxylic acids is 1. The molecule has 1 unspecified atom stereocenters. The SMILES string of the molecule is NS(=O)(=O)CC1CC(=O)N(c2c(Cl)cc(Br)cc2OC(F)(F)F)C1. The van der Waals surface area contributed by atoms with E-state index in [0.717, 1.165) is 11.0 Å². The van der Waals surface area contributed by atoms with Crippen molar-refractivity contribution in [3.63, 3.8) is 0 Å². The molecule has 1 heterocycles. The Bertz CT molecular complexity index is 772. The monoisotopic (exact) mass is 450 g/mol. The zero-order valence-corrected chi connectivity index (χ0v) is 15.0. The molecule has 1 aromatic carbocycles. The number of nitrogens with zero attached hydrogens (tertiary/aromatic N) is 1. The number of ether oxygens (including phenoxy) is 1. The highest BCUT2D eigenvalue weighted by Gasteiger charge is 2.38. The van der Waals surface area contributed by atoms with Crippen LogP contribution < -0.4 is 14.8 Å². The topological polar surface area (TPSA) is 89.7 Å². The Kier molecular flexibility index (Phi) is 5.38. The van der Waals surface area contributed by atoms with Crippen molar-refractivity contribution in [3.05, 3.63) is 21.6 Å². The molecule has 2 rings (SSSR count). The number of sulfonamides is 1. The fraction of sp³-hybridized carbons (Fsp3) is 0.417. The number of anilines is 1. The van der Waals surface area contributed by atoms with Crippen LogP contribution in [-0.2, 0) is 14.8 Å². The molecule has 1 aliphatic heterocycles. The molecule has 0 bridgehead atoms. The smallest absolute Gasteiger partial charge is 0.403 e. The molecule has 1 aliphatic rings. The molecule has 0 radical (unpaired) electrons. The molecule has 0 aliphatic carbocycles. The van der Waals surface area contributed by atoms with E-state index in [1.165, 1.54) is 6.07 Å². The molecule has 0 saturated carbocycles. The first-order valence-electron chi connectivity index (χ1n) is 6.41. The summed E-state index contributed by atoms with van der Waals surface area (Å²) in [5.41, 5.74) is -0.265. The van der Waals surface area contributed by atoms with Gasteiger partial charge < -0.3 is 9.64 Å². The molecule has 6 nitrogen and oxygen atoms in total. The van der Waals surface area contributed by atoms with E-state index in [9.17, 15) is 26.4 Å². The summed E-state index contributed by atoms with van der Waals surface area (Å²) < 4.78 is 64.2. The third-order valence-electron chi connectivity index (χ3n) is 3.16. The van der Waals surface area contributed by atoms with Crippen LogP contribution in [-0.4, -0.2) is 33.0 Å². The first-order valence-corrected chi connectivity index (χ1v) is 9.30. The van der Waals surface area contributed by atoms with Crippen LogP contribution in [0.5, 0.6) is 5.75 Å². The van der Waals surface area contributed by atoms with Crippen molar-refractivity contribution < 1.29 is 31.1 Å². The number of nitrogens with two attached hydrogens (primary N) is 1. The molecule has 1 atom stereocenters. The molecule has 2 N–H and O–H groups in total. The quantitative estimate of drug-likeness (QED) is 0.762. The van der Waals surface area contributed by atoms with Crippen LogP contribution in [0.3, 0.4) is 0 Å². The zero-order chi connectivity index (χ0) is 18.3. The van der Waals surface area contributed by atoms with Crippen molar-refractivity contribution in [2.24, 2.45) is 11.1 Å². The van der Waals surface area contributed by atoms with E-state index in [1.807, 2.05) is 0 Å². The second-order valence-electron chi connectivity index (χ2n) is 5.19. The molecule has 1 amide bonds. The van der Waals surface area contributed by atoms with E-state index in [-0.39, 0.29) is 28.1 Å². The minimum Gasteiger partial charge on any atom is -0.403 e. The second kappa shape index (κ2) is 6.70. The molecule has 12 heteroatoms. The second-order valence-corrected chi connectivity index (χ2v) is 8.17. The summed E-state index contributed by atoms with van der Waals surface area (Å²) in [6.45, 7) is -0.134. The van der Waals surface area contributed by atoms with Crippen molar-refractivity contribution >= 4 is 49.1 Å². The molecule has 24 heavy (non-hydrogen) atoms. The predicted molar refractivity (Wildman–Crippen MR) is 84.3 cm³/mol. The maximum Gasteiger partial charge on any atom is 0.573 e. The van der Waals surface area contributed by atoms with E-state index >= 15 is 0 Å². The van der Waals surface area contributed by atoms with Crippen LogP contribution in [0.4, 0.5) is 18.9 Å². The first kappa shape index (κ1) is 19.3. The molecule has 134 valence electrons. The van der Waals surface area contributed by atoms with Gasteiger partial charge in [-0.15, -0.1) is 13.2 Å². The van der Waals surface area contributed by atoms with Crippen LogP contribution in [0.1, 0.15) is 6.42 Å². The minimum absolute atomic E-state index is 0.134. The van der Waals surface area contributed by atoms with Gasteiger partial charge >= 0.3 is 6.36 Å². The lowest BCUT2D eigenvalue weighted by atomic mass is 10.1. The molecule has 1 aromatic rings. The van der Waals surface area contributed by atoms with E-state index in [4.69, 9.17) is 16.7 Å². The van der Waals surface area contributed by atoms with Crippen LogP contribution >= 0.6 is 27.5 Å².